The molecule has 4 nitrogen and oxygen atoms in total. The normalized spacial score (nSPS) is 16.0. The molecule has 0 unspecified atom stereocenters. The molecular formula is C11H13NO3. The summed E-state index contributed by atoms with van der Waals surface area (Å²) in [7, 11) is 0. The van der Waals surface area contributed by atoms with E-state index in [1.54, 1.807) is 12.1 Å². The van der Waals surface area contributed by atoms with E-state index < -0.39 is 5.97 Å². The van der Waals surface area contributed by atoms with Crippen molar-refractivity contribution in [3.63, 3.8) is 0 Å². The summed E-state index contributed by atoms with van der Waals surface area (Å²) in [6.45, 7) is 1.56. The van der Waals surface area contributed by atoms with Crippen LogP contribution in [0.4, 0.5) is 5.69 Å². The van der Waals surface area contributed by atoms with Crippen LogP contribution in [0.5, 0.6) is 0 Å². The Morgan fingerprint density at radius 2 is 2.27 bits per heavy atom. The van der Waals surface area contributed by atoms with E-state index in [2.05, 4.69) is 0 Å². The van der Waals surface area contributed by atoms with Crippen molar-refractivity contribution in [2.75, 3.05) is 18.9 Å². The van der Waals surface area contributed by atoms with Gasteiger partial charge in [-0.1, -0.05) is 6.07 Å². The van der Waals surface area contributed by atoms with E-state index in [1.807, 2.05) is 0 Å². The number of rotatable bonds is 3. The summed E-state index contributed by atoms with van der Waals surface area (Å²) in [5.74, 6) is -0.414. The molecule has 4 heteroatoms. The van der Waals surface area contributed by atoms with E-state index in [4.69, 9.17) is 15.6 Å². The van der Waals surface area contributed by atoms with E-state index in [0.29, 0.717) is 11.6 Å². The van der Waals surface area contributed by atoms with Crippen LogP contribution in [-0.2, 0) is 11.2 Å². The van der Waals surface area contributed by atoms with Gasteiger partial charge in [-0.05, 0) is 24.1 Å². The first-order chi connectivity index (χ1) is 7.16. The Kier molecular flexibility index (Phi) is 2.60. The second kappa shape index (κ2) is 3.90. The van der Waals surface area contributed by atoms with Gasteiger partial charge in [0.15, 0.2) is 0 Å². The Morgan fingerprint density at radius 1 is 1.53 bits per heavy atom. The summed E-state index contributed by atoms with van der Waals surface area (Å²) in [6.07, 6.45) is 0.867. The molecule has 3 N–H and O–H groups in total. The number of aromatic carboxylic acids is 1. The molecular weight excluding hydrogens is 194 g/mol. The standard InChI is InChI=1S/C11H13NO3/c12-10-4-9(11(13)14)2-1-8(10)3-7-5-15-6-7/h1-2,4,7H,3,5-6,12H2,(H,13,14). The fraction of sp³-hybridized carbons (Fsp3) is 0.364. The maximum absolute atomic E-state index is 10.7. The lowest BCUT2D eigenvalue weighted by Gasteiger charge is -2.26. The molecule has 0 amide bonds. The molecule has 1 aliphatic rings. The van der Waals surface area contributed by atoms with Crippen LogP contribution in [0.3, 0.4) is 0 Å². The van der Waals surface area contributed by atoms with Crippen LogP contribution in [0.25, 0.3) is 0 Å². The van der Waals surface area contributed by atoms with Gasteiger partial charge >= 0.3 is 5.97 Å². The van der Waals surface area contributed by atoms with Crippen LogP contribution in [0.1, 0.15) is 15.9 Å². The molecule has 1 aromatic rings. The Bertz CT molecular complexity index is 385. The van der Waals surface area contributed by atoms with E-state index in [9.17, 15) is 4.79 Å². The number of hydrogen-bond acceptors (Lipinski definition) is 3. The maximum atomic E-state index is 10.7. The van der Waals surface area contributed by atoms with Crippen molar-refractivity contribution in [1.29, 1.82) is 0 Å². The van der Waals surface area contributed by atoms with Crippen LogP contribution in [0, 0.1) is 5.92 Å². The first-order valence-corrected chi connectivity index (χ1v) is 4.86. The highest BCUT2D eigenvalue weighted by Gasteiger charge is 2.19. The van der Waals surface area contributed by atoms with Gasteiger partial charge in [-0.25, -0.2) is 4.79 Å². The monoisotopic (exact) mass is 207 g/mol. The number of nitrogens with two attached hydrogens (primary N) is 1. The number of benzene rings is 1. The van der Waals surface area contributed by atoms with E-state index in [1.165, 1.54) is 6.07 Å². The summed E-state index contributed by atoms with van der Waals surface area (Å²) in [6, 6.07) is 4.89. The topological polar surface area (TPSA) is 72.6 Å². The lowest BCUT2D eigenvalue weighted by atomic mass is 9.96. The number of anilines is 1. The van der Waals surface area contributed by atoms with Crippen molar-refractivity contribution >= 4 is 11.7 Å². The summed E-state index contributed by atoms with van der Waals surface area (Å²) < 4.78 is 5.07. The summed E-state index contributed by atoms with van der Waals surface area (Å²) in [5, 5.41) is 8.76. The minimum atomic E-state index is -0.944. The number of nitrogen functional groups attached to an aromatic ring is 1. The number of carboxylic acids is 1. The second-order valence-electron chi connectivity index (χ2n) is 3.83. The van der Waals surface area contributed by atoms with Crippen molar-refractivity contribution in [3.8, 4) is 0 Å². The van der Waals surface area contributed by atoms with Gasteiger partial charge in [0, 0.05) is 11.6 Å². The highest BCUT2D eigenvalue weighted by Crippen LogP contribution is 2.22. The molecule has 0 aromatic heterocycles. The van der Waals surface area contributed by atoms with Crippen LogP contribution in [-0.4, -0.2) is 24.3 Å². The Labute approximate surface area is 87.7 Å². The van der Waals surface area contributed by atoms with Crippen LogP contribution in [0.2, 0.25) is 0 Å². The zero-order valence-electron chi connectivity index (χ0n) is 8.27. The van der Waals surface area contributed by atoms with Gasteiger partial charge in [0.1, 0.15) is 0 Å². The molecule has 2 rings (SSSR count). The lowest BCUT2D eigenvalue weighted by Crippen LogP contribution is -2.29. The SMILES string of the molecule is Nc1cc(C(=O)O)ccc1CC1COC1. The summed E-state index contributed by atoms with van der Waals surface area (Å²) in [5.41, 5.74) is 7.58. The molecule has 0 radical (unpaired) electrons. The molecule has 0 saturated carbocycles. The highest BCUT2D eigenvalue weighted by molar-refractivity contribution is 5.88. The molecule has 15 heavy (non-hydrogen) atoms. The lowest BCUT2D eigenvalue weighted by molar-refractivity contribution is -0.0311. The molecule has 0 atom stereocenters. The largest absolute Gasteiger partial charge is 0.478 e. The zero-order chi connectivity index (χ0) is 10.8. The van der Waals surface area contributed by atoms with Gasteiger partial charge in [-0.3, -0.25) is 0 Å². The van der Waals surface area contributed by atoms with E-state index in [-0.39, 0.29) is 5.56 Å². The van der Waals surface area contributed by atoms with Crippen LogP contribution < -0.4 is 5.73 Å². The fourth-order valence-corrected chi connectivity index (χ4v) is 1.63. The van der Waals surface area contributed by atoms with Crippen molar-refractivity contribution in [2.24, 2.45) is 5.92 Å². The maximum Gasteiger partial charge on any atom is 0.335 e. The number of hydrogen-bond donors (Lipinski definition) is 2. The molecule has 0 spiro atoms. The molecule has 1 heterocycles. The van der Waals surface area contributed by atoms with Crippen molar-refractivity contribution in [1.82, 2.24) is 0 Å². The molecule has 0 bridgehead atoms. The first-order valence-electron chi connectivity index (χ1n) is 4.86. The Morgan fingerprint density at radius 3 is 2.73 bits per heavy atom. The smallest absolute Gasteiger partial charge is 0.335 e. The van der Waals surface area contributed by atoms with Gasteiger partial charge in [-0.15, -0.1) is 0 Å². The van der Waals surface area contributed by atoms with Gasteiger partial charge < -0.3 is 15.6 Å². The van der Waals surface area contributed by atoms with Gasteiger partial charge in [0.25, 0.3) is 0 Å². The minimum Gasteiger partial charge on any atom is -0.478 e. The molecule has 1 saturated heterocycles. The van der Waals surface area contributed by atoms with E-state index in [0.717, 1.165) is 25.2 Å². The summed E-state index contributed by atoms with van der Waals surface area (Å²) >= 11 is 0. The molecule has 1 aromatic carbocycles. The van der Waals surface area contributed by atoms with Crippen molar-refractivity contribution < 1.29 is 14.6 Å². The van der Waals surface area contributed by atoms with Gasteiger partial charge in [-0.2, -0.15) is 0 Å². The van der Waals surface area contributed by atoms with Gasteiger partial charge in [0.05, 0.1) is 18.8 Å². The first kappa shape index (κ1) is 9.98. The average molecular weight is 207 g/mol. The Balaban J connectivity index is 2.14. The minimum absolute atomic E-state index is 0.237. The number of carboxylic acid groups (broad SMARTS) is 1. The third-order valence-corrected chi connectivity index (χ3v) is 2.61. The molecule has 1 aliphatic heterocycles. The zero-order valence-corrected chi connectivity index (χ0v) is 8.27. The predicted molar refractivity (Wildman–Crippen MR) is 55.8 cm³/mol. The third-order valence-electron chi connectivity index (χ3n) is 2.61. The predicted octanol–water partition coefficient (Wildman–Crippen LogP) is 1.16. The average Bonchev–Trinajstić information content (AvgIpc) is 2.12. The van der Waals surface area contributed by atoms with Crippen LogP contribution >= 0.6 is 0 Å². The van der Waals surface area contributed by atoms with Gasteiger partial charge in [0.2, 0.25) is 0 Å². The summed E-state index contributed by atoms with van der Waals surface area (Å²) in [4.78, 5) is 10.7. The molecule has 80 valence electrons. The van der Waals surface area contributed by atoms with Crippen molar-refractivity contribution in [2.45, 2.75) is 6.42 Å². The highest BCUT2D eigenvalue weighted by atomic mass is 16.5. The van der Waals surface area contributed by atoms with Crippen LogP contribution in [0.15, 0.2) is 18.2 Å². The quantitative estimate of drug-likeness (QED) is 0.729. The number of ether oxygens (including phenoxy) is 1. The number of carbonyl (C=O) groups is 1. The molecule has 1 fully saturated rings. The molecule has 0 aliphatic carbocycles. The van der Waals surface area contributed by atoms with Crippen molar-refractivity contribution in [3.05, 3.63) is 29.3 Å². The second-order valence-corrected chi connectivity index (χ2v) is 3.83. The van der Waals surface area contributed by atoms with E-state index >= 15 is 0 Å². The Hall–Kier alpha value is -1.55. The third kappa shape index (κ3) is 2.10. The fourth-order valence-electron chi connectivity index (χ4n) is 1.63.